The predicted octanol–water partition coefficient (Wildman–Crippen LogP) is -5.03. The van der Waals surface area contributed by atoms with E-state index in [1.807, 2.05) is 5.92 Å². The Bertz CT molecular complexity index is 78.6. The van der Waals surface area contributed by atoms with Crippen molar-refractivity contribution in [3.63, 3.8) is 0 Å². The minimum Gasteiger partial charge on any atom is -0.461 e. The molecule has 0 aliphatic rings. The Morgan fingerprint density at radius 1 is 1.57 bits per heavy atom. The first-order valence-corrected chi connectivity index (χ1v) is 1.21. The van der Waals surface area contributed by atoms with Gasteiger partial charge in [0.05, 0.1) is 0 Å². The summed E-state index contributed by atoms with van der Waals surface area (Å²) in [6, 6.07) is 0. The van der Waals surface area contributed by atoms with Gasteiger partial charge in [-0.1, -0.05) is 0 Å². The summed E-state index contributed by atoms with van der Waals surface area (Å²) in [6.07, 6.45) is 6.25. The van der Waals surface area contributed by atoms with Crippen molar-refractivity contribution in [3.8, 4) is 5.92 Å². The first kappa shape index (κ1) is 15.7. The van der Waals surface area contributed by atoms with E-state index < -0.39 is 0 Å². The normalized spacial score (nSPS) is 3.86. The second kappa shape index (κ2) is 9.62. The summed E-state index contributed by atoms with van der Waals surface area (Å²) < 4.78 is 0. The van der Waals surface area contributed by atoms with Gasteiger partial charge in [-0.2, -0.15) is 0 Å². The van der Waals surface area contributed by atoms with E-state index in [0.29, 0.717) is 5.57 Å². The number of hydrogen-bond donors (Lipinski definition) is 0. The molecular formula is C5H4Li2. The Hall–Kier alpha value is 0.365. The third kappa shape index (κ3) is 21.7. The van der Waals surface area contributed by atoms with Crippen LogP contribution in [0, 0.1) is 19.3 Å². The summed E-state index contributed by atoms with van der Waals surface area (Å²) in [5.41, 5.74) is 0.421. The van der Waals surface area contributed by atoms with Gasteiger partial charge in [0.15, 0.2) is 0 Å². The van der Waals surface area contributed by atoms with Gasteiger partial charge in [-0.05, 0) is 0 Å². The van der Waals surface area contributed by atoms with Gasteiger partial charge >= 0.3 is 37.7 Å². The third-order valence-electron chi connectivity index (χ3n) is 0.177. The van der Waals surface area contributed by atoms with E-state index in [0.717, 1.165) is 0 Å². The molecule has 0 radical (unpaired) electrons. The SMILES string of the molecule is [C-]#CC(=C)[CH2-].[Li+].[Li+]. The number of rotatable bonds is 0. The third-order valence-corrected chi connectivity index (χ3v) is 0.177. The van der Waals surface area contributed by atoms with Crippen LogP contribution in [0.25, 0.3) is 0 Å². The van der Waals surface area contributed by atoms with Crippen LogP contribution in [-0.4, -0.2) is 0 Å². The Morgan fingerprint density at radius 3 is 1.71 bits per heavy atom. The molecule has 26 valence electrons. The molecule has 0 aromatic heterocycles. The molecule has 0 saturated heterocycles. The van der Waals surface area contributed by atoms with E-state index in [4.69, 9.17) is 6.42 Å². The fourth-order valence-electron chi connectivity index (χ4n) is 0. The maximum absolute atomic E-state index is 6.25. The maximum atomic E-state index is 6.25. The molecule has 0 spiro atoms. The zero-order chi connectivity index (χ0) is 4.28. The molecule has 0 rings (SSSR count). The Labute approximate surface area is 69.1 Å². The monoisotopic (exact) mass is 78.1 g/mol. The molecule has 0 fully saturated rings. The summed E-state index contributed by atoms with van der Waals surface area (Å²) in [5, 5.41) is 0. The van der Waals surface area contributed by atoms with Crippen molar-refractivity contribution in [2.75, 3.05) is 0 Å². The standard InChI is InChI=1S/C5H4.2Li/c1-4-5(2)3;;/h2-3H2;;/q-2;2*+1. The van der Waals surface area contributed by atoms with Crippen LogP contribution in [0.15, 0.2) is 12.2 Å². The molecule has 0 aliphatic heterocycles. The van der Waals surface area contributed by atoms with Crippen molar-refractivity contribution in [3.05, 3.63) is 25.5 Å². The zero-order valence-corrected chi connectivity index (χ0v) is 4.91. The first-order valence-electron chi connectivity index (χ1n) is 1.21. The molecule has 0 aromatic rings. The first-order chi connectivity index (χ1) is 2.27. The maximum Gasteiger partial charge on any atom is 1.00 e. The average molecular weight is 78.0 g/mol. The molecule has 0 nitrogen and oxygen atoms in total. The van der Waals surface area contributed by atoms with Crippen LogP contribution < -0.4 is 37.7 Å². The van der Waals surface area contributed by atoms with E-state index in [9.17, 15) is 0 Å². The largest absolute Gasteiger partial charge is 1.00 e. The molecule has 0 atom stereocenters. The van der Waals surface area contributed by atoms with Gasteiger partial charge in [0, 0.05) is 0 Å². The predicted molar refractivity (Wildman–Crippen MR) is 21.6 cm³/mol. The van der Waals surface area contributed by atoms with Gasteiger partial charge in [0.2, 0.25) is 0 Å². The molecule has 7 heavy (non-hydrogen) atoms. The smallest absolute Gasteiger partial charge is 0.461 e. The molecule has 2 heteroatoms. The average Bonchev–Trinajstić information content (AvgIpc) is 1.38. The molecule has 0 saturated carbocycles. The summed E-state index contributed by atoms with van der Waals surface area (Å²) in [4.78, 5) is 0. The molecule has 0 heterocycles. The quantitative estimate of drug-likeness (QED) is 0.154. The van der Waals surface area contributed by atoms with Crippen LogP contribution in [0.5, 0.6) is 0 Å². The minimum atomic E-state index is 0. The summed E-state index contributed by atoms with van der Waals surface area (Å²) in [7, 11) is 0. The van der Waals surface area contributed by atoms with Crippen LogP contribution in [0.3, 0.4) is 0 Å². The van der Waals surface area contributed by atoms with E-state index in [2.05, 4.69) is 13.5 Å². The van der Waals surface area contributed by atoms with Crippen molar-refractivity contribution < 1.29 is 37.7 Å². The molecule has 0 aliphatic carbocycles. The molecule has 0 N–H and O–H groups in total. The number of allylic oxidation sites excluding steroid dienone is 1. The van der Waals surface area contributed by atoms with Crippen molar-refractivity contribution in [1.82, 2.24) is 0 Å². The molecule has 0 unspecified atom stereocenters. The molecular weight excluding hydrogens is 73.9 g/mol. The van der Waals surface area contributed by atoms with Crippen LogP contribution >= 0.6 is 0 Å². The summed E-state index contributed by atoms with van der Waals surface area (Å²) in [5.74, 6) is 1.97. The Kier molecular flexibility index (Phi) is 21.5. The van der Waals surface area contributed by atoms with Crippen molar-refractivity contribution >= 4 is 0 Å². The Morgan fingerprint density at radius 2 is 1.71 bits per heavy atom. The van der Waals surface area contributed by atoms with Crippen LogP contribution in [0.4, 0.5) is 0 Å². The fraction of sp³-hybridized carbons (Fsp3) is 0. The number of hydrogen-bond acceptors (Lipinski definition) is 0. The van der Waals surface area contributed by atoms with Gasteiger partial charge in [-0.3, -0.25) is 13.5 Å². The topological polar surface area (TPSA) is 0 Å². The summed E-state index contributed by atoms with van der Waals surface area (Å²) in [6.45, 7) is 6.53. The Balaban J connectivity index is -0.0000000800. The van der Waals surface area contributed by atoms with E-state index in [1.165, 1.54) is 0 Å². The minimum absolute atomic E-state index is 0. The molecule has 0 amide bonds. The van der Waals surface area contributed by atoms with Gasteiger partial charge in [0.1, 0.15) is 0 Å². The van der Waals surface area contributed by atoms with Crippen molar-refractivity contribution in [1.29, 1.82) is 0 Å². The van der Waals surface area contributed by atoms with Gasteiger partial charge in [-0.25, -0.2) is 0 Å². The van der Waals surface area contributed by atoms with Gasteiger partial charge in [0.25, 0.3) is 0 Å². The van der Waals surface area contributed by atoms with Crippen molar-refractivity contribution in [2.24, 2.45) is 0 Å². The fourth-order valence-corrected chi connectivity index (χ4v) is 0. The summed E-state index contributed by atoms with van der Waals surface area (Å²) >= 11 is 0. The zero-order valence-electron chi connectivity index (χ0n) is 4.91. The van der Waals surface area contributed by atoms with Crippen LogP contribution in [0.1, 0.15) is 0 Å². The van der Waals surface area contributed by atoms with Crippen molar-refractivity contribution in [2.45, 2.75) is 0 Å². The van der Waals surface area contributed by atoms with Crippen LogP contribution in [0.2, 0.25) is 0 Å². The van der Waals surface area contributed by atoms with Crippen LogP contribution in [-0.2, 0) is 0 Å². The second-order valence-electron chi connectivity index (χ2n) is 0.729. The van der Waals surface area contributed by atoms with Gasteiger partial charge in [-0.15, -0.1) is 0 Å². The molecule has 0 aromatic carbocycles. The van der Waals surface area contributed by atoms with E-state index >= 15 is 0 Å². The van der Waals surface area contributed by atoms with Gasteiger partial charge < -0.3 is 17.9 Å². The molecule has 0 bridgehead atoms. The van der Waals surface area contributed by atoms with E-state index in [-0.39, 0.29) is 37.7 Å². The second-order valence-corrected chi connectivity index (χ2v) is 0.729. The van der Waals surface area contributed by atoms with E-state index in [1.54, 1.807) is 0 Å².